The topological polar surface area (TPSA) is 137 Å². The van der Waals surface area contributed by atoms with Crippen LogP contribution in [0, 0.1) is 12.8 Å². The Balaban J connectivity index is 2.31. The minimum Gasteiger partial charge on any atom is -0.507 e. The molecule has 1 aromatic heterocycles. The zero-order valence-corrected chi connectivity index (χ0v) is 19.9. The molecule has 2 atom stereocenters. The third kappa shape index (κ3) is 4.19. The molecule has 0 amide bonds. The van der Waals surface area contributed by atoms with Crippen LogP contribution in [0.4, 0.5) is 0 Å². The Labute approximate surface area is 192 Å². The van der Waals surface area contributed by atoms with E-state index in [1.807, 2.05) is 6.92 Å². The Morgan fingerprint density at radius 1 is 1.12 bits per heavy atom. The van der Waals surface area contributed by atoms with E-state index in [4.69, 9.17) is 9.15 Å². The van der Waals surface area contributed by atoms with E-state index in [9.17, 15) is 30.0 Å². The van der Waals surface area contributed by atoms with Gasteiger partial charge in [-0.1, -0.05) is 20.8 Å². The van der Waals surface area contributed by atoms with Crippen LogP contribution in [0.3, 0.4) is 0 Å². The molecule has 1 aliphatic heterocycles. The molecule has 180 valence electrons. The molecule has 1 aliphatic rings. The molecule has 0 fully saturated rings. The number of phenols is 2. The average molecular weight is 461 g/mol. The molecule has 4 N–H and O–H groups in total. The molecule has 0 radical (unpaired) electrons. The van der Waals surface area contributed by atoms with E-state index in [1.54, 1.807) is 34.6 Å². The second kappa shape index (κ2) is 8.74. The molecule has 2 aromatic rings. The van der Waals surface area contributed by atoms with Crippen LogP contribution in [-0.2, 0) is 12.8 Å². The third-order valence-corrected chi connectivity index (χ3v) is 6.43. The second-order valence-electron chi connectivity index (χ2n) is 9.34. The van der Waals surface area contributed by atoms with Crippen LogP contribution in [-0.4, -0.2) is 31.8 Å². The molecule has 1 aromatic carbocycles. The Bertz CT molecular complexity index is 1160. The van der Waals surface area contributed by atoms with Crippen molar-refractivity contribution in [2.75, 3.05) is 0 Å². The van der Waals surface area contributed by atoms with Crippen LogP contribution in [0.25, 0.3) is 0 Å². The van der Waals surface area contributed by atoms with Crippen LogP contribution in [0.1, 0.15) is 91.9 Å². The van der Waals surface area contributed by atoms with Crippen LogP contribution < -0.4 is 10.4 Å². The zero-order chi connectivity index (χ0) is 24.8. The number of ether oxygens (including phenoxy) is 1. The summed E-state index contributed by atoms with van der Waals surface area (Å²) in [5, 5.41) is 43.7. The van der Waals surface area contributed by atoms with Crippen molar-refractivity contribution in [3.05, 3.63) is 44.0 Å². The molecule has 3 rings (SSSR count). The summed E-state index contributed by atoms with van der Waals surface area (Å²) >= 11 is 0. The molecule has 2 heterocycles. The number of fused-ring (bicyclic) bond motifs is 1. The normalized spacial score (nSPS) is 17.8. The summed E-state index contributed by atoms with van der Waals surface area (Å²) in [5.74, 6) is -1.93. The fraction of sp³-hybridized carbons (Fsp3) is 0.520. The maximum Gasteiger partial charge on any atom is 0.343 e. The van der Waals surface area contributed by atoms with Crippen molar-refractivity contribution >= 4 is 5.78 Å². The van der Waals surface area contributed by atoms with Gasteiger partial charge in [-0.05, 0) is 27.2 Å². The zero-order valence-electron chi connectivity index (χ0n) is 19.9. The number of Topliss-reactive ketones (excluding diaryl/α,β-unsaturated/α-hetero) is 1. The predicted molar refractivity (Wildman–Crippen MR) is 121 cm³/mol. The largest absolute Gasteiger partial charge is 0.507 e. The minimum atomic E-state index is -1.17. The smallest absolute Gasteiger partial charge is 0.343 e. The summed E-state index contributed by atoms with van der Waals surface area (Å²) in [6, 6.07) is 0. The number of aliphatic hydroxyl groups excluding tert-OH is 1. The lowest BCUT2D eigenvalue weighted by Gasteiger charge is -2.37. The fourth-order valence-electron chi connectivity index (χ4n) is 4.28. The number of ketones is 1. The molecule has 0 aliphatic carbocycles. The second-order valence-corrected chi connectivity index (χ2v) is 9.34. The predicted octanol–water partition coefficient (Wildman–Crippen LogP) is 4.04. The highest BCUT2D eigenvalue weighted by molar-refractivity contribution is 6.04. The van der Waals surface area contributed by atoms with Crippen molar-refractivity contribution < 1.29 is 34.4 Å². The summed E-state index contributed by atoms with van der Waals surface area (Å²) in [4.78, 5) is 25.8. The van der Waals surface area contributed by atoms with E-state index in [0.717, 1.165) is 0 Å². The number of aliphatic hydroxyl groups is 1. The van der Waals surface area contributed by atoms with E-state index in [0.29, 0.717) is 24.2 Å². The molecule has 0 spiro atoms. The summed E-state index contributed by atoms with van der Waals surface area (Å²) in [5.41, 5.74) is -1.75. The molecule has 33 heavy (non-hydrogen) atoms. The number of aromatic hydroxyl groups is 3. The fourth-order valence-corrected chi connectivity index (χ4v) is 4.28. The Kier molecular flexibility index (Phi) is 6.53. The molecular formula is C25H32O8. The number of phenolic OH excluding ortho intramolecular Hbond substituents is 2. The molecule has 0 bridgehead atoms. The van der Waals surface area contributed by atoms with Gasteiger partial charge in [-0.15, -0.1) is 0 Å². The Morgan fingerprint density at radius 3 is 2.33 bits per heavy atom. The number of carbonyl (C=O) groups is 1. The molecule has 0 saturated carbocycles. The van der Waals surface area contributed by atoms with Crippen LogP contribution in [0.15, 0.2) is 9.21 Å². The lowest BCUT2D eigenvalue weighted by molar-refractivity contribution is 0.00896. The number of hydrogen-bond donors (Lipinski definition) is 4. The SMILES string of the molecule is CCc1oc(=O)c(Cc2c(O)c(C(=O)C(C)CC)c3c(c2O)C(O)CC(C)(C)O3)c(O)c1C. The van der Waals surface area contributed by atoms with Crippen LogP contribution in [0.2, 0.25) is 0 Å². The van der Waals surface area contributed by atoms with Crippen LogP contribution >= 0.6 is 0 Å². The van der Waals surface area contributed by atoms with Crippen molar-refractivity contribution in [2.24, 2.45) is 5.92 Å². The summed E-state index contributed by atoms with van der Waals surface area (Å²) in [6.45, 7) is 10.4. The molecule has 8 nitrogen and oxygen atoms in total. The number of benzene rings is 1. The molecule has 0 saturated heterocycles. The van der Waals surface area contributed by atoms with Gasteiger partial charge in [0.15, 0.2) is 5.78 Å². The number of hydrogen-bond acceptors (Lipinski definition) is 8. The van der Waals surface area contributed by atoms with Crippen molar-refractivity contribution in [1.29, 1.82) is 0 Å². The molecule has 8 heteroatoms. The van der Waals surface area contributed by atoms with Gasteiger partial charge in [0.1, 0.15) is 39.9 Å². The van der Waals surface area contributed by atoms with E-state index in [-0.39, 0.29) is 40.2 Å². The number of carbonyl (C=O) groups excluding carboxylic acids is 1. The quantitative estimate of drug-likeness (QED) is 0.474. The van der Waals surface area contributed by atoms with Crippen molar-refractivity contribution in [2.45, 2.75) is 78.9 Å². The number of aryl methyl sites for hydroxylation is 1. The lowest BCUT2D eigenvalue weighted by Crippen LogP contribution is -2.36. The highest BCUT2D eigenvalue weighted by Gasteiger charge is 2.41. The van der Waals surface area contributed by atoms with E-state index in [2.05, 4.69) is 0 Å². The monoisotopic (exact) mass is 460 g/mol. The van der Waals surface area contributed by atoms with Crippen molar-refractivity contribution in [1.82, 2.24) is 0 Å². The lowest BCUT2D eigenvalue weighted by atomic mass is 9.84. The first-order valence-electron chi connectivity index (χ1n) is 11.2. The maximum absolute atomic E-state index is 13.2. The van der Waals surface area contributed by atoms with Crippen LogP contribution in [0.5, 0.6) is 23.0 Å². The summed E-state index contributed by atoms with van der Waals surface area (Å²) < 4.78 is 11.3. The summed E-state index contributed by atoms with van der Waals surface area (Å²) in [7, 11) is 0. The van der Waals surface area contributed by atoms with Gasteiger partial charge in [0, 0.05) is 36.3 Å². The van der Waals surface area contributed by atoms with E-state index in [1.165, 1.54) is 0 Å². The number of rotatable bonds is 6. The van der Waals surface area contributed by atoms with Gasteiger partial charge in [0.05, 0.1) is 17.2 Å². The van der Waals surface area contributed by atoms with Gasteiger partial charge in [0.25, 0.3) is 0 Å². The van der Waals surface area contributed by atoms with Gasteiger partial charge >= 0.3 is 5.63 Å². The van der Waals surface area contributed by atoms with Gasteiger partial charge in [-0.25, -0.2) is 4.79 Å². The van der Waals surface area contributed by atoms with E-state index < -0.39 is 47.0 Å². The summed E-state index contributed by atoms with van der Waals surface area (Å²) in [6.07, 6.45) is -0.525. The first-order chi connectivity index (χ1) is 15.3. The average Bonchev–Trinajstić information content (AvgIpc) is 2.73. The highest BCUT2D eigenvalue weighted by atomic mass is 16.5. The van der Waals surface area contributed by atoms with Crippen molar-refractivity contribution in [3.63, 3.8) is 0 Å². The van der Waals surface area contributed by atoms with Gasteiger partial charge in [0.2, 0.25) is 0 Å². The standard InChI is InChI=1S/C25H32O8/c1-7-11(3)19(27)18-22(30)13(9-14-20(28)12(4)16(8-2)32-24(14)31)21(29)17-15(26)10-25(5,6)33-23(17)18/h11,15,26,28-30H,7-10H2,1-6H3. The molecular weight excluding hydrogens is 428 g/mol. The first-order valence-corrected chi connectivity index (χ1v) is 11.2. The Hall–Kier alpha value is -3.00. The van der Waals surface area contributed by atoms with E-state index >= 15 is 0 Å². The highest BCUT2D eigenvalue weighted by Crippen LogP contribution is 2.52. The molecule has 2 unspecified atom stereocenters. The maximum atomic E-state index is 13.2. The first kappa shape index (κ1) is 24.6. The Morgan fingerprint density at radius 2 is 1.76 bits per heavy atom. The van der Waals surface area contributed by atoms with Gasteiger partial charge in [-0.2, -0.15) is 0 Å². The van der Waals surface area contributed by atoms with Gasteiger partial charge in [-0.3, -0.25) is 4.79 Å². The van der Waals surface area contributed by atoms with Crippen molar-refractivity contribution in [3.8, 4) is 23.0 Å². The van der Waals surface area contributed by atoms with Gasteiger partial charge < -0.3 is 29.6 Å². The minimum absolute atomic E-state index is 0.0143. The third-order valence-electron chi connectivity index (χ3n) is 6.43.